The Morgan fingerprint density at radius 3 is 2.39 bits per heavy atom. The number of carbonyl (C=O) groups is 2. The third-order valence-corrected chi connectivity index (χ3v) is 7.02. The lowest BCUT2D eigenvalue weighted by Crippen LogP contribution is -2.58. The van der Waals surface area contributed by atoms with Gasteiger partial charge in [-0.3, -0.25) is 9.59 Å². The second-order valence-corrected chi connectivity index (χ2v) is 9.48. The zero-order valence-electron chi connectivity index (χ0n) is 16.9. The molecule has 4 fully saturated rings. The van der Waals surface area contributed by atoms with Crippen molar-refractivity contribution in [1.82, 2.24) is 5.32 Å². The second-order valence-electron chi connectivity index (χ2n) is 9.48. The molecular formula is C23H31NO4. The van der Waals surface area contributed by atoms with E-state index in [0.29, 0.717) is 18.3 Å². The van der Waals surface area contributed by atoms with Gasteiger partial charge in [0.1, 0.15) is 0 Å². The van der Waals surface area contributed by atoms with E-state index in [1.165, 1.54) is 5.56 Å². The van der Waals surface area contributed by atoms with Gasteiger partial charge in [0.15, 0.2) is 6.61 Å². The Kier molecular flexibility index (Phi) is 4.98. The predicted octanol–water partition coefficient (Wildman–Crippen LogP) is 3.44. The van der Waals surface area contributed by atoms with E-state index in [0.717, 1.165) is 44.1 Å². The molecule has 2 N–H and O–H groups in total. The lowest BCUT2D eigenvalue weighted by atomic mass is 9.48. The number of nitrogens with one attached hydrogen (secondary N) is 1. The van der Waals surface area contributed by atoms with Crippen LogP contribution in [0.3, 0.4) is 0 Å². The minimum atomic E-state index is -0.704. The molecular weight excluding hydrogens is 354 g/mol. The van der Waals surface area contributed by atoms with Gasteiger partial charge in [0.25, 0.3) is 5.91 Å². The summed E-state index contributed by atoms with van der Waals surface area (Å²) in [6.45, 7) is 3.80. The molecule has 5 atom stereocenters. The van der Waals surface area contributed by atoms with Crippen LogP contribution < -0.4 is 5.32 Å². The topological polar surface area (TPSA) is 75.6 Å². The van der Waals surface area contributed by atoms with Crippen LogP contribution in [-0.4, -0.2) is 29.2 Å². The van der Waals surface area contributed by atoms with E-state index in [-0.39, 0.29) is 24.5 Å². The first-order chi connectivity index (χ1) is 13.3. The van der Waals surface area contributed by atoms with E-state index in [9.17, 15) is 14.7 Å². The highest BCUT2D eigenvalue weighted by atomic mass is 16.5. The van der Waals surface area contributed by atoms with Gasteiger partial charge in [0.2, 0.25) is 0 Å². The summed E-state index contributed by atoms with van der Waals surface area (Å²) in [6.07, 6.45) is 5.60. The van der Waals surface area contributed by atoms with Crippen molar-refractivity contribution < 1.29 is 19.4 Å². The van der Waals surface area contributed by atoms with Crippen molar-refractivity contribution >= 4 is 11.9 Å². The normalized spacial score (nSPS) is 34.1. The summed E-state index contributed by atoms with van der Waals surface area (Å²) in [5.41, 5.74) is 0.941. The van der Waals surface area contributed by atoms with Gasteiger partial charge in [-0.2, -0.15) is 0 Å². The van der Waals surface area contributed by atoms with Crippen molar-refractivity contribution in [3.05, 3.63) is 35.4 Å². The third-order valence-electron chi connectivity index (χ3n) is 7.02. The number of hydrogen-bond donors (Lipinski definition) is 2. The Morgan fingerprint density at radius 2 is 1.82 bits per heavy atom. The number of aliphatic hydroxyl groups is 1. The maximum Gasteiger partial charge on any atom is 0.312 e. The van der Waals surface area contributed by atoms with Crippen molar-refractivity contribution in [3.8, 4) is 0 Å². The maximum atomic E-state index is 12.9. The summed E-state index contributed by atoms with van der Waals surface area (Å²) in [5, 5.41) is 13.8. The van der Waals surface area contributed by atoms with Crippen LogP contribution in [0.4, 0.5) is 0 Å². The van der Waals surface area contributed by atoms with Gasteiger partial charge in [-0.25, -0.2) is 0 Å². The van der Waals surface area contributed by atoms with Crippen LogP contribution in [0.25, 0.3) is 0 Å². The Hall–Kier alpha value is -1.88. The second kappa shape index (κ2) is 7.18. The van der Waals surface area contributed by atoms with Gasteiger partial charge in [0, 0.05) is 0 Å². The highest BCUT2D eigenvalue weighted by molar-refractivity contribution is 5.83. The highest BCUT2D eigenvalue weighted by Gasteiger charge is 2.60. The van der Waals surface area contributed by atoms with Crippen LogP contribution in [0.1, 0.15) is 69.0 Å². The zero-order valence-corrected chi connectivity index (χ0v) is 16.9. The number of esters is 1. The number of benzene rings is 1. The van der Waals surface area contributed by atoms with Crippen molar-refractivity contribution in [3.63, 3.8) is 0 Å². The fourth-order valence-corrected chi connectivity index (χ4v) is 6.19. The van der Waals surface area contributed by atoms with Crippen molar-refractivity contribution in [2.75, 3.05) is 6.61 Å². The molecule has 2 unspecified atom stereocenters. The van der Waals surface area contributed by atoms with E-state index in [1.54, 1.807) is 0 Å². The minimum Gasteiger partial charge on any atom is -0.455 e. The van der Waals surface area contributed by atoms with Crippen molar-refractivity contribution in [2.24, 2.45) is 17.3 Å². The number of rotatable bonds is 6. The van der Waals surface area contributed by atoms with Crippen LogP contribution in [-0.2, 0) is 14.3 Å². The molecule has 0 saturated heterocycles. The largest absolute Gasteiger partial charge is 0.455 e. The van der Waals surface area contributed by atoms with Crippen LogP contribution in [0, 0.1) is 24.2 Å². The van der Waals surface area contributed by atoms with Crippen molar-refractivity contribution in [2.45, 2.75) is 70.4 Å². The molecule has 4 saturated carbocycles. The molecule has 152 valence electrons. The molecule has 1 aromatic rings. The number of ether oxygens (including phenoxy) is 1. The molecule has 5 nitrogen and oxygen atoms in total. The lowest BCUT2D eigenvalue weighted by molar-refractivity contribution is -0.196. The van der Waals surface area contributed by atoms with Crippen molar-refractivity contribution in [1.29, 1.82) is 0 Å². The first kappa shape index (κ1) is 19.4. The Bertz CT molecular complexity index is 742. The van der Waals surface area contributed by atoms with E-state index in [2.05, 4.69) is 5.32 Å². The average molecular weight is 386 g/mol. The molecule has 0 heterocycles. The Morgan fingerprint density at radius 1 is 1.18 bits per heavy atom. The summed E-state index contributed by atoms with van der Waals surface area (Å²) in [4.78, 5) is 25.3. The molecule has 0 aliphatic heterocycles. The summed E-state index contributed by atoms with van der Waals surface area (Å²) in [6, 6.07) is 8.01. The molecule has 5 rings (SSSR count). The molecule has 1 aromatic carbocycles. The van der Waals surface area contributed by atoms with Crippen LogP contribution >= 0.6 is 0 Å². The van der Waals surface area contributed by atoms with Gasteiger partial charge >= 0.3 is 5.97 Å². The first-order valence-corrected chi connectivity index (χ1v) is 10.6. The molecule has 4 aliphatic rings. The van der Waals surface area contributed by atoms with Gasteiger partial charge in [-0.1, -0.05) is 36.8 Å². The minimum absolute atomic E-state index is 0.0907. The monoisotopic (exact) mass is 385 g/mol. The molecule has 4 bridgehead atoms. The van der Waals surface area contributed by atoms with E-state index < -0.39 is 11.0 Å². The number of amides is 1. The predicted molar refractivity (Wildman–Crippen MR) is 105 cm³/mol. The fraction of sp³-hybridized carbons (Fsp3) is 0.652. The average Bonchev–Trinajstić information content (AvgIpc) is 2.63. The standard InChI is InChI=1S/C23H31NO4/c1-3-19(18-6-4-15(2)5-7-18)24-20(25)13-28-21(26)22-9-16-8-17(10-22)12-23(27,11-16)14-22/h4-7,16-17,19,27H,3,8-14H2,1-2H3,(H,24,25)/t16-,17+,19-,22?,23?/m1/s1. The molecule has 0 aromatic heterocycles. The Balaban J connectivity index is 1.34. The molecule has 0 radical (unpaired) electrons. The summed E-state index contributed by atoms with van der Waals surface area (Å²) in [5.74, 6) is 0.264. The van der Waals surface area contributed by atoms with E-state index in [4.69, 9.17) is 4.74 Å². The van der Waals surface area contributed by atoms with Gasteiger partial charge in [-0.05, 0) is 69.3 Å². The number of aryl methyl sites for hydroxylation is 1. The number of carbonyl (C=O) groups excluding carboxylic acids is 2. The van der Waals surface area contributed by atoms with Crippen LogP contribution in [0.5, 0.6) is 0 Å². The Labute approximate surface area is 166 Å². The fourth-order valence-electron chi connectivity index (χ4n) is 6.19. The van der Waals surface area contributed by atoms with E-state index in [1.807, 2.05) is 38.1 Å². The summed E-state index contributed by atoms with van der Waals surface area (Å²) in [7, 11) is 0. The highest BCUT2D eigenvalue weighted by Crippen LogP contribution is 2.61. The van der Waals surface area contributed by atoms with Crippen LogP contribution in [0.15, 0.2) is 24.3 Å². The lowest BCUT2D eigenvalue weighted by Gasteiger charge is -2.58. The third kappa shape index (κ3) is 3.69. The molecule has 0 spiro atoms. The van der Waals surface area contributed by atoms with Gasteiger partial charge in [-0.15, -0.1) is 0 Å². The SMILES string of the molecule is CC[C@@H](NC(=O)COC(=O)C12C[C@@H]3C[C@@H](CC(O)(C3)C1)C2)c1ccc(C)cc1. The van der Waals surface area contributed by atoms with Gasteiger partial charge in [0.05, 0.1) is 17.1 Å². The van der Waals surface area contributed by atoms with Crippen LogP contribution in [0.2, 0.25) is 0 Å². The zero-order chi connectivity index (χ0) is 19.9. The summed E-state index contributed by atoms with van der Waals surface area (Å²) >= 11 is 0. The van der Waals surface area contributed by atoms with E-state index >= 15 is 0 Å². The smallest absolute Gasteiger partial charge is 0.312 e. The molecule has 4 aliphatic carbocycles. The quantitative estimate of drug-likeness (QED) is 0.736. The molecule has 28 heavy (non-hydrogen) atoms. The first-order valence-electron chi connectivity index (χ1n) is 10.6. The molecule has 1 amide bonds. The number of hydrogen-bond acceptors (Lipinski definition) is 4. The maximum absolute atomic E-state index is 12.9. The molecule has 5 heteroatoms. The summed E-state index contributed by atoms with van der Waals surface area (Å²) < 4.78 is 5.47. The van der Waals surface area contributed by atoms with Gasteiger partial charge < -0.3 is 15.2 Å².